The standard InChI is InChI=1S/C25H22N4O2S3/c1-2-8-29-9-7-14-21(12-29)33-24(22(14)23-26-15-5-3-4-6-19(15)32-23)28-25-27-16-10-17-18(31-13-30-17)11-20(16)34-25/h3-6,10-11H,2,7-9,12-13H2,1H3,(H,27,28). The molecule has 2 aromatic carbocycles. The molecule has 5 aromatic rings. The van der Waals surface area contributed by atoms with Crippen LogP contribution in [0.5, 0.6) is 11.5 Å². The summed E-state index contributed by atoms with van der Waals surface area (Å²) >= 11 is 5.27. The van der Waals surface area contributed by atoms with Gasteiger partial charge in [0.05, 0.1) is 20.4 Å². The first-order valence-corrected chi connectivity index (χ1v) is 13.9. The number of hydrogen-bond donors (Lipinski definition) is 1. The Morgan fingerprint density at radius 3 is 2.76 bits per heavy atom. The van der Waals surface area contributed by atoms with Crippen LogP contribution < -0.4 is 14.8 Å². The third-order valence-corrected chi connectivity index (χ3v) is 9.41. The summed E-state index contributed by atoms with van der Waals surface area (Å²) in [5, 5.41) is 6.79. The molecule has 2 aliphatic rings. The summed E-state index contributed by atoms with van der Waals surface area (Å²) in [6.07, 6.45) is 2.24. The summed E-state index contributed by atoms with van der Waals surface area (Å²) in [5.74, 6) is 1.56. The van der Waals surface area contributed by atoms with Crippen LogP contribution in [-0.2, 0) is 13.0 Å². The second-order valence-electron chi connectivity index (χ2n) is 8.54. The maximum atomic E-state index is 5.55. The number of fused-ring (bicyclic) bond motifs is 4. The number of ether oxygens (including phenoxy) is 2. The number of thiazole rings is 2. The van der Waals surface area contributed by atoms with Gasteiger partial charge in [-0.25, -0.2) is 9.97 Å². The molecule has 172 valence electrons. The largest absolute Gasteiger partial charge is 0.454 e. The van der Waals surface area contributed by atoms with E-state index in [4.69, 9.17) is 19.4 Å². The van der Waals surface area contributed by atoms with Crippen LogP contribution >= 0.6 is 34.0 Å². The van der Waals surface area contributed by atoms with Crippen LogP contribution in [0.2, 0.25) is 0 Å². The Hall–Kier alpha value is -2.72. The molecular weight excluding hydrogens is 485 g/mol. The van der Waals surface area contributed by atoms with Crippen molar-refractivity contribution in [1.82, 2.24) is 14.9 Å². The highest BCUT2D eigenvalue weighted by Gasteiger charge is 2.27. The van der Waals surface area contributed by atoms with Gasteiger partial charge in [-0.05, 0) is 37.1 Å². The minimum atomic E-state index is 0.277. The molecule has 0 aliphatic carbocycles. The molecule has 34 heavy (non-hydrogen) atoms. The van der Waals surface area contributed by atoms with E-state index in [1.165, 1.54) is 27.1 Å². The van der Waals surface area contributed by atoms with E-state index in [-0.39, 0.29) is 6.79 Å². The quantitative estimate of drug-likeness (QED) is 0.281. The molecule has 0 spiro atoms. The zero-order valence-corrected chi connectivity index (χ0v) is 21.0. The van der Waals surface area contributed by atoms with Crippen molar-refractivity contribution in [2.75, 3.05) is 25.2 Å². The van der Waals surface area contributed by atoms with Gasteiger partial charge in [-0.2, -0.15) is 0 Å². The fraction of sp³-hybridized carbons (Fsp3) is 0.280. The van der Waals surface area contributed by atoms with Gasteiger partial charge in [-0.3, -0.25) is 4.90 Å². The highest BCUT2D eigenvalue weighted by atomic mass is 32.1. The molecule has 0 amide bonds. The molecule has 0 radical (unpaired) electrons. The number of thiophene rings is 1. The van der Waals surface area contributed by atoms with Crippen molar-refractivity contribution in [2.24, 2.45) is 0 Å². The zero-order chi connectivity index (χ0) is 22.6. The van der Waals surface area contributed by atoms with Crippen molar-refractivity contribution in [2.45, 2.75) is 26.3 Å². The molecule has 0 saturated carbocycles. The Balaban J connectivity index is 1.32. The van der Waals surface area contributed by atoms with E-state index >= 15 is 0 Å². The number of anilines is 2. The molecule has 6 nitrogen and oxygen atoms in total. The van der Waals surface area contributed by atoms with Crippen LogP contribution in [0, 0.1) is 0 Å². The first kappa shape index (κ1) is 20.6. The Kier molecular flexibility index (Phi) is 4.97. The first-order valence-electron chi connectivity index (χ1n) is 11.4. The minimum Gasteiger partial charge on any atom is -0.454 e. The average Bonchev–Trinajstić information content (AvgIpc) is 3.60. The number of rotatable bonds is 5. The van der Waals surface area contributed by atoms with Gasteiger partial charge in [0.15, 0.2) is 16.6 Å². The Bertz CT molecular complexity index is 1460. The van der Waals surface area contributed by atoms with E-state index in [1.54, 1.807) is 22.7 Å². The highest BCUT2D eigenvalue weighted by Crippen LogP contribution is 2.47. The molecular formula is C25H22N4O2S3. The summed E-state index contributed by atoms with van der Waals surface area (Å²) in [7, 11) is 0. The Morgan fingerprint density at radius 2 is 1.88 bits per heavy atom. The number of nitrogens with one attached hydrogen (secondary N) is 1. The van der Waals surface area contributed by atoms with Crippen molar-refractivity contribution in [3.05, 3.63) is 46.8 Å². The van der Waals surface area contributed by atoms with Crippen molar-refractivity contribution in [3.63, 3.8) is 0 Å². The minimum absolute atomic E-state index is 0.277. The lowest BCUT2D eigenvalue weighted by atomic mass is 10.0. The third-order valence-electron chi connectivity index (χ3n) is 6.29. The molecule has 0 fully saturated rings. The van der Waals surface area contributed by atoms with Gasteiger partial charge in [0.2, 0.25) is 6.79 Å². The molecule has 5 heterocycles. The molecule has 0 bridgehead atoms. The van der Waals surface area contributed by atoms with Crippen LogP contribution in [0.15, 0.2) is 36.4 Å². The van der Waals surface area contributed by atoms with Gasteiger partial charge in [-0.15, -0.1) is 22.7 Å². The van der Waals surface area contributed by atoms with Crippen molar-refractivity contribution >= 4 is 64.6 Å². The Morgan fingerprint density at radius 1 is 1.00 bits per heavy atom. The summed E-state index contributed by atoms with van der Waals surface area (Å²) in [4.78, 5) is 13.9. The predicted octanol–water partition coefficient (Wildman–Crippen LogP) is 6.87. The van der Waals surface area contributed by atoms with Gasteiger partial charge >= 0.3 is 0 Å². The Labute approximate surface area is 208 Å². The van der Waals surface area contributed by atoms with Crippen LogP contribution in [-0.4, -0.2) is 34.8 Å². The van der Waals surface area contributed by atoms with Gasteiger partial charge < -0.3 is 14.8 Å². The smallest absolute Gasteiger partial charge is 0.231 e. The van der Waals surface area contributed by atoms with Crippen LogP contribution in [0.1, 0.15) is 23.8 Å². The van der Waals surface area contributed by atoms with Gasteiger partial charge in [0.1, 0.15) is 10.0 Å². The number of benzene rings is 2. The summed E-state index contributed by atoms with van der Waals surface area (Å²) in [6, 6.07) is 12.4. The molecule has 0 saturated heterocycles. The number of aromatic nitrogens is 2. The molecule has 1 N–H and O–H groups in total. The molecule has 3 aromatic heterocycles. The summed E-state index contributed by atoms with van der Waals surface area (Å²) in [5.41, 5.74) is 4.69. The molecule has 2 aliphatic heterocycles. The molecule has 7 rings (SSSR count). The van der Waals surface area contributed by atoms with Crippen LogP contribution in [0.3, 0.4) is 0 Å². The second-order valence-corrected chi connectivity index (χ2v) is 11.7. The summed E-state index contributed by atoms with van der Waals surface area (Å²) < 4.78 is 13.4. The normalized spacial score (nSPS) is 15.3. The SMILES string of the molecule is CCCN1CCc2c(sc(Nc3nc4cc5c(cc4s3)OCO5)c2-c2nc3ccccc3s2)C1. The second kappa shape index (κ2) is 8.20. The fourth-order valence-electron chi connectivity index (χ4n) is 4.73. The van der Waals surface area contributed by atoms with Crippen molar-refractivity contribution < 1.29 is 9.47 Å². The monoisotopic (exact) mass is 506 g/mol. The van der Waals surface area contributed by atoms with E-state index in [0.29, 0.717) is 0 Å². The van der Waals surface area contributed by atoms with Gasteiger partial charge in [-0.1, -0.05) is 30.4 Å². The van der Waals surface area contributed by atoms with E-state index in [9.17, 15) is 0 Å². The zero-order valence-electron chi connectivity index (χ0n) is 18.6. The summed E-state index contributed by atoms with van der Waals surface area (Å²) in [6.45, 7) is 5.78. The third kappa shape index (κ3) is 3.46. The topological polar surface area (TPSA) is 59.5 Å². The highest BCUT2D eigenvalue weighted by molar-refractivity contribution is 7.24. The van der Waals surface area contributed by atoms with Gasteiger partial charge in [0.25, 0.3) is 0 Å². The number of para-hydroxylation sites is 1. The van der Waals surface area contributed by atoms with Gasteiger partial charge in [0, 0.05) is 35.7 Å². The van der Waals surface area contributed by atoms with E-state index in [2.05, 4.69) is 41.4 Å². The maximum Gasteiger partial charge on any atom is 0.231 e. The molecule has 0 unspecified atom stereocenters. The lowest BCUT2D eigenvalue weighted by molar-refractivity contribution is 0.174. The predicted molar refractivity (Wildman–Crippen MR) is 141 cm³/mol. The van der Waals surface area contributed by atoms with Crippen LogP contribution in [0.4, 0.5) is 10.1 Å². The van der Waals surface area contributed by atoms with Crippen molar-refractivity contribution in [1.29, 1.82) is 0 Å². The molecule has 9 heteroatoms. The van der Waals surface area contributed by atoms with E-state index < -0.39 is 0 Å². The lowest BCUT2D eigenvalue weighted by Crippen LogP contribution is -2.30. The van der Waals surface area contributed by atoms with E-state index in [0.717, 1.165) is 68.4 Å². The average molecular weight is 507 g/mol. The van der Waals surface area contributed by atoms with Crippen molar-refractivity contribution in [3.8, 4) is 22.1 Å². The lowest BCUT2D eigenvalue weighted by Gasteiger charge is -2.26. The fourth-order valence-corrected chi connectivity index (χ4v) is 8.07. The van der Waals surface area contributed by atoms with E-state index in [1.807, 2.05) is 23.5 Å². The first-order chi connectivity index (χ1) is 16.7. The maximum absolute atomic E-state index is 5.55. The molecule has 0 atom stereocenters. The number of hydrogen-bond acceptors (Lipinski definition) is 9. The van der Waals surface area contributed by atoms with Crippen LogP contribution in [0.25, 0.3) is 31.0 Å². The number of nitrogens with zero attached hydrogens (tertiary/aromatic N) is 3.